The minimum absolute atomic E-state index is 0.00768. The van der Waals surface area contributed by atoms with E-state index in [1.54, 1.807) is 0 Å². The first-order chi connectivity index (χ1) is 12.1. The van der Waals surface area contributed by atoms with Gasteiger partial charge in [-0.2, -0.15) is 0 Å². The lowest BCUT2D eigenvalue weighted by atomic mass is 10.1. The van der Waals surface area contributed by atoms with E-state index in [4.69, 9.17) is 16.1 Å². The van der Waals surface area contributed by atoms with Gasteiger partial charge < -0.3 is 14.7 Å². The third-order valence-electron chi connectivity index (χ3n) is 4.16. The monoisotopic (exact) mass is 357 g/mol. The smallest absolute Gasteiger partial charge is 0.226 e. The van der Waals surface area contributed by atoms with Crippen LogP contribution in [0.3, 0.4) is 0 Å². The quantitative estimate of drug-likeness (QED) is 0.734. The molecule has 0 saturated heterocycles. The molecule has 2 aromatic carbocycles. The number of nitrogens with one attached hydrogen (secondary N) is 1. The van der Waals surface area contributed by atoms with Gasteiger partial charge in [0.25, 0.3) is 0 Å². The zero-order valence-corrected chi connectivity index (χ0v) is 15.0. The molecule has 0 aliphatic rings. The topological polar surface area (TPSA) is 58.4 Å². The van der Waals surface area contributed by atoms with E-state index in [1.165, 1.54) is 0 Å². The molecule has 0 spiro atoms. The van der Waals surface area contributed by atoms with Crippen LogP contribution in [-0.2, 0) is 11.2 Å². The van der Waals surface area contributed by atoms with Crippen molar-refractivity contribution in [2.75, 3.05) is 20.6 Å². The van der Waals surface area contributed by atoms with E-state index >= 15 is 0 Å². The van der Waals surface area contributed by atoms with Gasteiger partial charge in [0.2, 0.25) is 5.91 Å². The molecular formula is C19H20ClN3O2. The molecule has 1 aromatic heterocycles. The number of likely N-dealkylation sites (N-methyl/N-ethyl adjacent to an activating group) is 1. The van der Waals surface area contributed by atoms with Crippen LogP contribution in [0.4, 0.5) is 0 Å². The van der Waals surface area contributed by atoms with E-state index in [0.717, 1.165) is 10.9 Å². The van der Waals surface area contributed by atoms with Gasteiger partial charge in [-0.05, 0) is 37.9 Å². The van der Waals surface area contributed by atoms with Gasteiger partial charge in [-0.3, -0.25) is 4.79 Å². The minimum Gasteiger partial charge on any atom is -0.356 e. The summed E-state index contributed by atoms with van der Waals surface area (Å²) in [6, 6.07) is 15.2. The van der Waals surface area contributed by atoms with Crippen LogP contribution in [0.5, 0.6) is 0 Å². The highest BCUT2D eigenvalue weighted by molar-refractivity contribution is 6.31. The number of carbonyl (C=O) groups is 1. The number of nitrogens with zero attached hydrogens (tertiary/aromatic N) is 2. The molecule has 25 heavy (non-hydrogen) atoms. The van der Waals surface area contributed by atoms with Crippen molar-refractivity contribution in [3.63, 3.8) is 0 Å². The fourth-order valence-electron chi connectivity index (χ4n) is 2.81. The van der Waals surface area contributed by atoms with E-state index in [0.29, 0.717) is 22.8 Å². The number of carbonyl (C=O) groups excluding carboxylic acids is 1. The van der Waals surface area contributed by atoms with Gasteiger partial charge in [0, 0.05) is 17.0 Å². The van der Waals surface area contributed by atoms with E-state index < -0.39 is 0 Å². The Morgan fingerprint density at radius 3 is 2.68 bits per heavy atom. The number of fused-ring (bicyclic) bond motifs is 1. The number of hydrogen-bond donors (Lipinski definition) is 1. The Hall–Kier alpha value is -2.37. The highest BCUT2D eigenvalue weighted by Crippen LogP contribution is 2.25. The first-order valence-corrected chi connectivity index (χ1v) is 8.45. The molecule has 0 radical (unpaired) electrons. The third-order valence-corrected chi connectivity index (χ3v) is 4.50. The fraction of sp³-hybridized carbons (Fsp3) is 0.263. The van der Waals surface area contributed by atoms with Crippen LogP contribution in [0.1, 0.15) is 17.3 Å². The van der Waals surface area contributed by atoms with Gasteiger partial charge in [-0.25, -0.2) is 0 Å². The largest absolute Gasteiger partial charge is 0.356 e. The summed E-state index contributed by atoms with van der Waals surface area (Å²) in [7, 11) is 3.93. The number of hydrogen-bond acceptors (Lipinski definition) is 4. The molecule has 1 N–H and O–H groups in total. The lowest BCUT2D eigenvalue weighted by molar-refractivity contribution is -0.120. The molecular weight excluding hydrogens is 338 g/mol. The van der Waals surface area contributed by atoms with Crippen LogP contribution in [0.25, 0.3) is 11.0 Å². The molecule has 0 aliphatic carbocycles. The molecule has 130 valence electrons. The fourth-order valence-corrected chi connectivity index (χ4v) is 3.07. The van der Waals surface area contributed by atoms with Gasteiger partial charge in [0.05, 0.1) is 12.5 Å². The molecule has 6 heteroatoms. The number of benzene rings is 2. The zero-order chi connectivity index (χ0) is 17.8. The number of rotatable bonds is 6. The van der Waals surface area contributed by atoms with E-state index in [-0.39, 0.29) is 18.4 Å². The molecule has 0 fully saturated rings. The molecule has 3 aromatic rings. The summed E-state index contributed by atoms with van der Waals surface area (Å²) < 4.78 is 5.24. The molecule has 0 bridgehead atoms. The van der Waals surface area contributed by atoms with Crippen molar-refractivity contribution in [3.05, 3.63) is 64.8 Å². The highest BCUT2D eigenvalue weighted by Gasteiger charge is 2.19. The first-order valence-electron chi connectivity index (χ1n) is 8.07. The third kappa shape index (κ3) is 4.00. The molecule has 0 unspecified atom stereocenters. The number of aromatic nitrogens is 1. The Balaban J connectivity index is 1.67. The van der Waals surface area contributed by atoms with Gasteiger partial charge in [-0.15, -0.1) is 0 Å². The maximum absolute atomic E-state index is 12.4. The first kappa shape index (κ1) is 17.5. The predicted molar refractivity (Wildman–Crippen MR) is 98.6 cm³/mol. The SMILES string of the molecule is CN(C)[C@H](CNC(=O)Cc1noc2ccccc12)c1ccccc1Cl. The number of halogens is 1. The van der Waals surface area contributed by atoms with Crippen molar-refractivity contribution >= 4 is 28.5 Å². The minimum atomic E-state index is -0.0991. The molecule has 5 nitrogen and oxygen atoms in total. The molecule has 3 rings (SSSR count). The Morgan fingerprint density at radius 2 is 1.92 bits per heavy atom. The van der Waals surface area contributed by atoms with Crippen molar-refractivity contribution in [2.45, 2.75) is 12.5 Å². The lowest BCUT2D eigenvalue weighted by Crippen LogP contribution is -2.35. The van der Waals surface area contributed by atoms with Gasteiger partial charge in [0.1, 0.15) is 5.69 Å². The second-order valence-electron chi connectivity index (χ2n) is 6.11. The van der Waals surface area contributed by atoms with E-state index in [1.807, 2.05) is 67.5 Å². The van der Waals surface area contributed by atoms with Crippen LogP contribution in [0.2, 0.25) is 5.02 Å². The maximum Gasteiger partial charge on any atom is 0.226 e. The van der Waals surface area contributed by atoms with Crippen LogP contribution in [-0.4, -0.2) is 36.6 Å². The molecule has 1 heterocycles. The number of para-hydroxylation sites is 1. The Labute approximate surface area is 151 Å². The van der Waals surface area contributed by atoms with Crippen LogP contribution >= 0.6 is 11.6 Å². The molecule has 0 aliphatic heterocycles. The van der Waals surface area contributed by atoms with E-state index in [2.05, 4.69) is 10.5 Å². The van der Waals surface area contributed by atoms with Gasteiger partial charge in [-0.1, -0.05) is 47.1 Å². The van der Waals surface area contributed by atoms with Crippen molar-refractivity contribution in [1.82, 2.24) is 15.4 Å². The zero-order valence-electron chi connectivity index (χ0n) is 14.2. The summed E-state index contributed by atoms with van der Waals surface area (Å²) in [4.78, 5) is 14.4. The van der Waals surface area contributed by atoms with Crippen LogP contribution in [0.15, 0.2) is 53.1 Å². The standard InChI is InChI=1S/C19H20ClN3O2/c1-23(2)17(13-7-3-5-9-15(13)20)12-21-19(24)11-16-14-8-4-6-10-18(14)25-22-16/h3-10,17H,11-12H2,1-2H3,(H,21,24)/t17-/m1/s1. The summed E-state index contributed by atoms with van der Waals surface area (Å²) in [6.45, 7) is 0.464. The average Bonchev–Trinajstić information content (AvgIpc) is 2.99. The molecule has 1 atom stereocenters. The van der Waals surface area contributed by atoms with Crippen molar-refractivity contribution in [3.8, 4) is 0 Å². The van der Waals surface area contributed by atoms with Gasteiger partial charge in [0.15, 0.2) is 5.58 Å². The molecule has 1 amide bonds. The van der Waals surface area contributed by atoms with Gasteiger partial charge >= 0.3 is 0 Å². The summed E-state index contributed by atoms with van der Waals surface area (Å²) >= 11 is 6.30. The van der Waals surface area contributed by atoms with Crippen molar-refractivity contribution < 1.29 is 9.32 Å². The Morgan fingerprint density at radius 1 is 1.20 bits per heavy atom. The second kappa shape index (κ2) is 7.68. The van der Waals surface area contributed by atoms with Crippen molar-refractivity contribution in [1.29, 1.82) is 0 Å². The highest BCUT2D eigenvalue weighted by atomic mass is 35.5. The normalized spacial score (nSPS) is 12.5. The van der Waals surface area contributed by atoms with Crippen molar-refractivity contribution in [2.24, 2.45) is 0 Å². The predicted octanol–water partition coefficient (Wildman–Crippen LogP) is 3.44. The Kier molecular flexibility index (Phi) is 5.36. The lowest BCUT2D eigenvalue weighted by Gasteiger charge is -2.25. The summed E-state index contributed by atoms with van der Waals surface area (Å²) in [5, 5.41) is 8.54. The summed E-state index contributed by atoms with van der Waals surface area (Å²) in [5.41, 5.74) is 2.32. The van der Waals surface area contributed by atoms with Crippen LogP contribution < -0.4 is 5.32 Å². The summed E-state index contributed by atoms with van der Waals surface area (Å²) in [6.07, 6.45) is 0.180. The Bertz CT molecular complexity index is 876. The van der Waals surface area contributed by atoms with Crippen LogP contribution in [0, 0.1) is 0 Å². The number of amides is 1. The maximum atomic E-state index is 12.4. The second-order valence-corrected chi connectivity index (χ2v) is 6.51. The van der Waals surface area contributed by atoms with E-state index in [9.17, 15) is 4.79 Å². The summed E-state index contributed by atoms with van der Waals surface area (Å²) in [5.74, 6) is -0.0991. The average molecular weight is 358 g/mol. The molecule has 0 saturated carbocycles.